The fourth-order valence-electron chi connectivity index (χ4n) is 3.62. The molecule has 1 atom stereocenters. The van der Waals surface area contributed by atoms with E-state index in [2.05, 4.69) is 28.3 Å². The van der Waals surface area contributed by atoms with Crippen molar-refractivity contribution in [3.8, 4) is 0 Å². The molecule has 0 aliphatic carbocycles. The van der Waals surface area contributed by atoms with Crippen LogP contribution in [0.15, 0.2) is 54.6 Å². The topological polar surface area (TPSA) is 58.1 Å². The minimum Gasteiger partial charge on any atom is -0.324 e. The average Bonchev–Trinajstić information content (AvgIpc) is 2.96. The number of aryl methyl sites for hydroxylation is 2. The number of aromatic nitrogens is 2. The molecule has 1 amide bonds. The van der Waals surface area contributed by atoms with Crippen LogP contribution in [0.5, 0.6) is 0 Å². The maximum atomic E-state index is 13.1. The molecule has 0 bridgehead atoms. The number of nitrogens with one attached hydrogen (secondary N) is 1. The molecule has 27 heavy (non-hydrogen) atoms. The first-order valence-corrected chi connectivity index (χ1v) is 9.12. The molecule has 1 aliphatic heterocycles. The lowest BCUT2D eigenvalue weighted by Crippen LogP contribution is -2.35. The van der Waals surface area contributed by atoms with Gasteiger partial charge in [0.05, 0.1) is 0 Å². The van der Waals surface area contributed by atoms with Crippen molar-refractivity contribution >= 4 is 23.2 Å². The van der Waals surface area contributed by atoms with Gasteiger partial charge in [0.15, 0.2) is 0 Å². The largest absolute Gasteiger partial charge is 0.324 e. The van der Waals surface area contributed by atoms with Crippen LogP contribution >= 0.6 is 0 Å². The average molecular weight is 358 g/mol. The number of rotatable bonds is 3. The molecule has 0 saturated carbocycles. The van der Waals surface area contributed by atoms with Crippen molar-refractivity contribution in [1.29, 1.82) is 0 Å². The fourth-order valence-corrected chi connectivity index (χ4v) is 3.62. The Hall–Kier alpha value is -3.21. The summed E-state index contributed by atoms with van der Waals surface area (Å²) in [6.45, 7) is 5.97. The minimum atomic E-state index is 0.0293. The van der Waals surface area contributed by atoms with Gasteiger partial charge in [-0.1, -0.05) is 18.2 Å². The number of nitrogens with zero attached hydrogens (tertiary/aromatic N) is 3. The van der Waals surface area contributed by atoms with Gasteiger partial charge < -0.3 is 10.2 Å². The van der Waals surface area contributed by atoms with Crippen molar-refractivity contribution in [3.63, 3.8) is 0 Å². The van der Waals surface area contributed by atoms with E-state index in [1.54, 1.807) is 0 Å². The smallest absolute Gasteiger partial charge is 0.258 e. The van der Waals surface area contributed by atoms with Crippen LogP contribution < -0.4 is 10.2 Å². The van der Waals surface area contributed by atoms with Crippen molar-refractivity contribution in [2.24, 2.45) is 0 Å². The molecule has 0 fully saturated rings. The van der Waals surface area contributed by atoms with Crippen LogP contribution in [0.1, 0.15) is 34.2 Å². The number of para-hydroxylation sites is 1. The van der Waals surface area contributed by atoms with E-state index in [1.165, 1.54) is 5.56 Å². The fraction of sp³-hybridized carbons (Fsp3) is 0.227. The standard InChI is InChI=1S/C22H22N4O/c1-14-12-15(2)24-22(23-14)25-19-10-8-17(9-11-19)21(27)26-16(3)13-18-6-4-5-7-20(18)26/h4-12,16H,13H2,1-3H3,(H,23,24,25)/t16-/m1/s1. The Kier molecular flexibility index (Phi) is 4.36. The van der Waals surface area contributed by atoms with E-state index in [0.717, 1.165) is 29.2 Å². The maximum absolute atomic E-state index is 13.1. The highest BCUT2D eigenvalue weighted by atomic mass is 16.2. The molecule has 136 valence electrons. The van der Waals surface area contributed by atoms with Gasteiger partial charge in [-0.2, -0.15) is 0 Å². The van der Waals surface area contributed by atoms with Gasteiger partial charge >= 0.3 is 0 Å². The molecule has 1 aliphatic rings. The number of anilines is 3. The Morgan fingerprint density at radius 2 is 1.70 bits per heavy atom. The van der Waals surface area contributed by atoms with Crippen LogP contribution in [0.25, 0.3) is 0 Å². The number of fused-ring (bicyclic) bond motifs is 1. The molecule has 1 N–H and O–H groups in total. The molecule has 0 spiro atoms. The third-order valence-corrected chi connectivity index (χ3v) is 4.80. The highest BCUT2D eigenvalue weighted by molar-refractivity contribution is 6.07. The van der Waals surface area contributed by atoms with Gasteiger partial charge in [-0.3, -0.25) is 4.79 Å². The Morgan fingerprint density at radius 1 is 1.04 bits per heavy atom. The number of carbonyl (C=O) groups is 1. The van der Waals surface area contributed by atoms with E-state index in [9.17, 15) is 4.79 Å². The summed E-state index contributed by atoms with van der Waals surface area (Å²) < 4.78 is 0. The van der Waals surface area contributed by atoms with Crippen LogP contribution in [0.4, 0.5) is 17.3 Å². The van der Waals surface area contributed by atoms with Gasteiger partial charge in [-0.15, -0.1) is 0 Å². The highest BCUT2D eigenvalue weighted by Gasteiger charge is 2.31. The number of hydrogen-bond acceptors (Lipinski definition) is 4. The molecule has 3 aromatic rings. The van der Waals surface area contributed by atoms with Crippen molar-refractivity contribution in [2.45, 2.75) is 33.2 Å². The van der Waals surface area contributed by atoms with Gasteiger partial charge in [0, 0.05) is 34.4 Å². The summed E-state index contributed by atoms with van der Waals surface area (Å²) in [5, 5.41) is 3.20. The predicted molar refractivity (Wildman–Crippen MR) is 108 cm³/mol. The third-order valence-electron chi connectivity index (χ3n) is 4.80. The zero-order valence-electron chi connectivity index (χ0n) is 15.7. The second-order valence-corrected chi connectivity index (χ2v) is 7.03. The highest BCUT2D eigenvalue weighted by Crippen LogP contribution is 2.33. The van der Waals surface area contributed by atoms with Crippen molar-refractivity contribution in [3.05, 3.63) is 77.1 Å². The van der Waals surface area contributed by atoms with E-state index >= 15 is 0 Å². The first-order valence-electron chi connectivity index (χ1n) is 9.12. The second-order valence-electron chi connectivity index (χ2n) is 7.03. The maximum Gasteiger partial charge on any atom is 0.258 e. The monoisotopic (exact) mass is 358 g/mol. The molecule has 2 heterocycles. The Morgan fingerprint density at radius 3 is 2.41 bits per heavy atom. The summed E-state index contributed by atoms with van der Waals surface area (Å²) in [5.74, 6) is 0.593. The van der Waals surface area contributed by atoms with Gasteiger partial charge in [-0.05, 0) is 69.2 Å². The lowest BCUT2D eigenvalue weighted by atomic mass is 10.1. The van der Waals surface area contributed by atoms with E-state index < -0.39 is 0 Å². The molecule has 4 rings (SSSR count). The quantitative estimate of drug-likeness (QED) is 0.752. The molecule has 0 radical (unpaired) electrons. The summed E-state index contributed by atoms with van der Waals surface area (Å²) in [6, 6.07) is 17.7. The second kappa shape index (κ2) is 6.83. The zero-order valence-corrected chi connectivity index (χ0v) is 15.7. The van der Waals surface area contributed by atoms with Crippen LogP contribution in [-0.2, 0) is 6.42 Å². The summed E-state index contributed by atoms with van der Waals surface area (Å²) in [4.78, 5) is 23.7. The lowest BCUT2D eigenvalue weighted by molar-refractivity contribution is 0.0981. The molecular formula is C22H22N4O. The molecule has 0 saturated heterocycles. The Balaban J connectivity index is 1.55. The van der Waals surface area contributed by atoms with Crippen molar-refractivity contribution in [2.75, 3.05) is 10.2 Å². The van der Waals surface area contributed by atoms with Crippen molar-refractivity contribution < 1.29 is 4.79 Å². The SMILES string of the molecule is Cc1cc(C)nc(Nc2ccc(C(=O)N3c4ccccc4C[C@H]3C)cc2)n1. The normalized spacial score (nSPS) is 15.5. The molecular weight excluding hydrogens is 336 g/mol. The summed E-state index contributed by atoms with van der Waals surface area (Å²) in [6.07, 6.45) is 0.894. The molecule has 0 unspecified atom stereocenters. The van der Waals surface area contributed by atoms with Gasteiger partial charge in [0.2, 0.25) is 5.95 Å². The summed E-state index contributed by atoms with van der Waals surface area (Å²) in [7, 11) is 0. The van der Waals surface area contributed by atoms with Crippen LogP contribution in [0.2, 0.25) is 0 Å². The molecule has 1 aromatic heterocycles. The zero-order chi connectivity index (χ0) is 19.0. The summed E-state index contributed by atoms with van der Waals surface area (Å²) in [5.41, 5.74) is 5.60. The third kappa shape index (κ3) is 3.40. The molecule has 5 heteroatoms. The van der Waals surface area contributed by atoms with E-state index in [1.807, 2.05) is 67.3 Å². The van der Waals surface area contributed by atoms with Crippen molar-refractivity contribution in [1.82, 2.24) is 9.97 Å². The molecule has 5 nitrogen and oxygen atoms in total. The van der Waals surface area contributed by atoms with Crippen LogP contribution in [0, 0.1) is 13.8 Å². The number of benzene rings is 2. The van der Waals surface area contributed by atoms with Gasteiger partial charge in [0.1, 0.15) is 0 Å². The van der Waals surface area contributed by atoms with E-state index in [0.29, 0.717) is 11.5 Å². The van der Waals surface area contributed by atoms with E-state index in [-0.39, 0.29) is 11.9 Å². The number of amides is 1. The Bertz CT molecular complexity index is 977. The minimum absolute atomic E-state index is 0.0293. The number of carbonyl (C=O) groups excluding carboxylic acids is 1. The van der Waals surface area contributed by atoms with Gasteiger partial charge in [0.25, 0.3) is 5.91 Å². The summed E-state index contributed by atoms with van der Waals surface area (Å²) >= 11 is 0. The van der Waals surface area contributed by atoms with Crippen LogP contribution in [-0.4, -0.2) is 21.9 Å². The first kappa shape index (κ1) is 17.2. The van der Waals surface area contributed by atoms with Gasteiger partial charge in [-0.25, -0.2) is 9.97 Å². The van der Waals surface area contributed by atoms with Crippen LogP contribution in [0.3, 0.4) is 0 Å². The molecule has 2 aromatic carbocycles. The number of hydrogen-bond donors (Lipinski definition) is 1. The lowest BCUT2D eigenvalue weighted by Gasteiger charge is -2.23. The first-order chi connectivity index (χ1) is 13.0. The predicted octanol–water partition coefficient (Wildman–Crippen LogP) is 4.43. The van der Waals surface area contributed by atoms with E-state index in [4.69, 9.17) is 0 Å². The Labute approximate surface area is 159 Å².